The number of hydrogen-bond donors (Lipinski definition) is 0. The summed E-state index contributed by atoms with van der Waals surface area (Å²) in [6, 6.07) is 13.3. The third-order valence-corrected chi connectivity index (χ3v) is 5.11. The number of amides is 1. The highest BCUT2D eigenvalue weighted by Crippen LogP contribution is 2.40. The predicted octanol–water partition coefficient (Wildman–Crippen LogP) is 4.44. The molecule has 3 rings (SSSR count). The van der Waals surface area contributed by atoms with Crippen LogP contribution in [0.3, 0.4) is 0 Å². The fourth-order valence-electron chi connectivity index (χ4n) is 3.22. The third-order valence-electron chi connectivity index (χ3n) is 4.41. The molecule has 126 valence electrons. The van der Waals surface area contributed by atoms with Crippen molar-refractivity contribution in [3.63, 3.8) is 0 Å². The van der Waals surface area contributed by atoms with E-state index < -0.39 is 0 Å². The summed E-state index contributed by atoms with van der Waals surface area (Å²) in [5.74, 6) is 1.59. The number of benzene rings is 2. The van der Waals surface area contributed by atoms with E-state index in [-0.39, 0.29) is 11.9 Å². The summed E-state index contributed by atoms with van der Waals surface area (Å²) in [7, 11) is 3.30. The monoisotopic (exact) mass is 389 g/mol. The topological polar surface area (TPSA) is 38.8 Å². The zero-order valence-corrected chi connectivity index (χ0v) is 15.4. The molecule has 0 aromatic heterocycles. The second kappa shape index (κ2) is 7.26. The Kier molecular flexibility index (Phi) is 5.09. The van der Waals surface area contributed by atoms with Gasteiger partial charge in [-0.25, -0.2) is 0 Å². The maximum absolute atomic E-state index is 13.0. The molecule has 2 aromatic rings. The first-order chi connectivity index (χ1) is 11.7. The van der Waals surface area contributed by atoms with Crippen LogP contribution >= 0.6 is 15.9 Å². The van der Waals surface area contributed by atoms with Crippen LogP contribution in [0.2, 0.25) is 0 Å². The van der Waals surface area contributed by atoms with Gasteiger partial charge in [-0.05, 0) is 59.1 Å². The molecule has 24 heavy (non-hydrogen) atoms. The van der Waals surface area contributed by atoms with E-state index in [0.717, 1.165) is 40.9 Å². The molecule has 2 aromatic carbocycles. The summed E-state index contributed by atoms with van der Waals surface area (Å²) in [4.78, 5) is 15.0. The Morgan fingerprint density at radius 2 is 1.96 bits per heavy atom. The van der Waals surface area contributed by atoms with Gasteiger partial charge in [-0.15, -0.1) is 0 Å². The first kappa shape index (κ1) is 16.8. The van der Waals surface area contributed by atoms with Gasteiger partial charge in [0.05, 0.1) is 25.8 Å². The van der Waals surface area contributed by atoms with Crippen LogP contribution in [0, 0.1) is 0 Å². The number of likely N-dealkylation sites (tertiary alicyclic amines) is 1. The number of carbonyl (C=O) groups is 1. The van der Waals surface area contributed by atoms with E-state index in [4.69, 9.17) is 9.47 Å². The normalized spacial score (nSPS) is 17.0. The van der Waals surface area contributed by atoms with Crippen molar-refractivity contribution >= 4 is 21.8 Å². The van der Waals surface area contributed by atoms with E-state index in [2.05, 4.69) is 15.9 Å². The summed E-state index contributed by atoms with van der Waals surface area (Å²) >= 11 is 3.48. The first-order valence-corrected chi connectivity index (χ1v) is 8.72. The summed E-state index contributed by atoms with van der Waals surface area (Å²) in [6.07, 6.45) is 1.89. The van der Waals surface area contributed by atoms with Crippen LogP contribution in [-0.2, 0) is 0 Å². The molecular formula is C19H20BrNO3. The number of carbonyl (C=O) groups excluding carboxylic acids is 1. The van der Waals surface area contributed by atoms with Crippen LogP contribution in [0.25, 0.3) is 0 Å². The quantitative estimate of drug-likeness (QED) is 0.775. The summed E-state index contributed by atoms with van der Waals surface area (Å²) in [6.45, 7) is 0.741. The average Bonchev–Trinajstić information content (AvgIpc) is 3.10. The maximum Gasteiger partial charge on any atom is 0.255 e. The lowest BCUT2D eigenvalue weighted by Gasteiger charge is -2.27. The van der Waals surface area contributed by atoms with Crippen LogP contribution < -0.4 is 9.47 Å². The zero-order chi connectivity index (χ0) is 17.1. The van der Waals surface area contributed by atoms with E-state index in [1.807, 2.05) is 47.4 Å². The molecule has 4 nitrogen and oxygen atoms in total. The number of hydrogen-bond acceptors (Lipinski definition) is 3. The van der Waals surface area contributed by atoms with Gasteiger partial charge in [0.15, 0.2) is 0 Å². The number of rotatable bonds is 4. The zero-order valence-electron chi connectivity index (χ0n) is 13.8. The van der Waals surface area contributed by atoms with E-state index in [1.165, 1.54) is 0 Å². The minimum atomic E-state index is -0.00495. The summed E-state index contributed by atoms with van der Waals surface area (Å²) in [5, 5.41) is 0. The van der Waals surface area contributed by atoms with Crippen LogP contribution in [0.4, 0.5) is 0 Å². The van der Waals surface area contributed by atoms with Gasteiger partial charge in [0.25, 0.3) is 5.91 Å². The molecule has 1 aliphatic rings. The number of halogens is 1. The molecule has 1 amide bonds. The van der Waals surface area contributed by atoms with Gasteiger partial charge in [0.2, 0.25) is 0 Å². The van der Waals surface area contributed by atoms with Gasteiger partial charge in [0.1, 0.15) is 11.5 Å². The fraction of sp³-hybridized carbons (Fsp3) is 0.316. The van der Waals surface area contributed by atoms with Crippen molar-refractivity contribution in [2.24, 2.45) is 0 Å². The van der Waals surface area contributed by atoms with Crippen LogP contribution in [-0.4, -0.2) is 31.6 Å². The summed E-state index contributed by atoms with van der Waals surface area (Å²) < 4.78 is 11.7. The number of nitrogens with zero attached hydrogens (tertiary/aromatic N) is 1. The Hall–Kier alpha value is -2.01. The van der Waals surface area contributed by atoms with Crippen molar-refractivity contribution in [2.45, 2.75) is 18.9 Å². The van der Waals surface area contributed by atoms with Crippen molar-refractivity contribution < 1.29 is 14.3 Å². The lowest BCUT2D eigenvalue weighted by Crippen LogP contribution is -2.31. The number of methoxy groups -OCH3 is 2. The molecule has 1 fully saturated rings. The Morgan fingerprint density at radius 3 is 2.67 bits per heavy atom. The summed E-state index contributed by atoms with van der Waals surface area (Å²) in [5.41, 5.74) is 1.68. The predicted molar refractivity (Wildman–Crippen MR) is 96.7 cm³/mol. The maximum atomic E-state index is 13.0. The molecule has 0 radical (unpaired) electrons. The molecule has 0 spiro atoms. The molecule has 5 heteroatoms. The van der Waals surface area contributed by atoms with Crippen LogP contribution in [0.1, 0.15) is 34.8 Å². The van der Waals surface area contributed by atoms with Crippen molar-refractivity contribution in [3.05, 3.63) is 58.1 Å². The standard InChI is InChI=1S/C19H20BrNO3/c1-23-13-9-10-18(24-2)15(12-13)17-8-5-11-21(17)19(22)14-6-3-4-7-16(14)20/h3-4,6-7,9-10,12,17H,5,8,11H2,1-2H3/t17-/m1/s1. The molecule has 1 heterocycles. The van der Waals surface area contributed by atoms with Gasteiger partial charge >= 0.3 is 0 Å². The molecule has 0 aliphatic carbocycles. The highest BCUT2D eigenvalue weighted by Gasteiger charge is 2.33. The Morgan fingerprint density at radius 1 is 1.17 bits per heavy atom. The van der Waals surface area contributed by atoms with Crippen molar-refractivity contribution in [3.8, 4) is 11.5 Å². The third kappa shape index (κ3) is 3.13. The Labute approximate surface area is 150 Å². The molecule has 1 aliphatic heterocycles. The van der Waals surface area contributed by atoms with E-state index >= 15 is 0 Å². The first-order valence-electron chi connectivity index (χ1n) is 7.93. The van der Waals surface area contributed by atoms with Gasteiger partial charge in [-0.1, -0.05) is 12.1 Å². The molecule has 0 saturated carbocycles. The second-order valence-corrected chi connectivity index (χ2v) is 6.60. The minimum absolute atomic E-state index is 0.00495. The minimum Gasteiger partial charge on any atom is -0.497 e. The highest BCUT2D eigenvalue weighted by molar-refractivity contribution is 9.10. The largest absolute Gasteiger partial charge is 0.497 e. The molecule has 0 unspecified atom stereocenters. The van der Waals surface area contributed by atoms with Gasteiger partial charge in [-0.3, -0.25) is 4.79 Å². The van der Waals surface area contributed by atoms with Gasteiger partial charge in [0, 0.05) is 16.6 Å². The molecule has 0 N–H and O–H groups in total. The Bertz CT molecular complexity index is 747. The molecule has 1 atom stereocenters. The average molecular weight is 390 g/mol. The Balaban J connectivity index is 1.97. The highest BCUT2D eigenvalue weighted by atomic mass is 79.9. The smallest absolute Gasteiger partial charge is 0.255 e. The van der Waals surface area contributed by atoms with Crippen molar-refractivity contribution in [1.82, 2.24) is 4.90 Å². The molecular weight excluding hydrogens is 370 g/mol. The number of ether oxygens (including phenoxy) is 2. The molecule has 0 bridgehead atoms. The molecule has 1 saturated heterocycles. The van der Waals surface area contributed by atoms with Crippen LogP contribution in [0.15, 0.2) is 46.9 Å². The van der Waals surface area contributed by atoms with Crippen LogP contribution in [0.5, 0.6) is 11.5 Å². The van der Waals surface area contributed by atoms with Gasteiger partial charge in [-0.2, -0.15) is 0 Å². The second-order valence-electron chi connectivity index (χ2n) is 5.74. The van der Waals surface area contributed by atoms with Crippen molar-refractivity contribution in [1.29, 1.82) is 0 Å². The van der Waals surface area contributed by atoms with E-state index in [1.54, 1.807) is 14.2 Å². The van der Waals surface area contributed by atoms with E-state index in [0.29, 0.717) is 5.56 Å². The van der Waals surface area contributed by atoms with Gasteiger partial charge < -0.3 is 14.4 Å². The fourth-order valence-corrected chi connectivity index (χ4v) is 3.68. The van der Waals surface area contributed by atoms with Crippen molar-refractivity contribution in [2.75, 3.05) is 20.8 Å². The SMILES string of the molecule is COc1ccc(OC)c([C@H]2CCCN2C(=O)c2ccccc2Br)c1. The lowest BCUT2D eigenvalue weighted by molar-refractivity contribution is 0.0733. The lowest BCUT2D eigenvalue weighted by atomic mass is 10.0. The van der Waals surface area contributed by atoms with E-state index in [9.17, 15) is 4.79 Å².